The summed E-state index contributed by atoms with van der Waals surface area (Å²) in [5.41, 5.74) is 0. The Balaban J connectivity index is 2.14. The third-order valence-corrected chi connectivity index (χ3v) is 2.04. The summed E-state index contributed by atoms with van der Waals surface area (Å²) in [6.07, 6.45) is 3.85. The molecule has 0 aliphatic heterocycles. The van der Waals surface area contributed by atoms with Crippen LogP contribution in [-0.4, -0.2) is 24.0 Å². The lowest BCUT2D eigenvalue weighted by molar-refractivity contribution is -0.121. The summed E-state index contributed by atoms with van der Waals surface area (Å²) in [5, 5.41) is 2.73. The van der Waals surface area contributed by atoms with E-state index in [-0.39, 0.29) is 5.91 Å². The van der Waals surface area contributed by atoms with Crippen LogP contribution in [0.2, 0.25) is 0 Å². The molecule has 0 fully saturated rings. The number of nitrogens with one attached hydrogen (secondary N) is 1. The van der Waals surface area contributed by atoms with Crippen molar-refractivity contribution in [1.82, 2.24) is 10.3 Å². The molecule has 0 aliphatic carbocycles. The summed E-state index contributed by atoms with van der Waals surface area (Å²) in [6.45, 7) is 4.67. The molecule has 0 aromatic carbocycles. The van der Waals surface area contributed by atoms with E-state index in [1.807, 2.05) is 19.9 Å². The number of nitrogens with zero attached hydrogens (tertiary/aromatic N) is 1. The summed E-state index contributed by atoms with van der Waals surface area (Å²) in [4.78, 5) is 15.2. The summed E-state index contributed by atoms with van der Waals surface area (Å²) >= 11 is 0. The quantitative estimate of drug-likeness (QED) is 0.803. The number of carbonyl (C=O) groups is 1. The number of aromatic nitrogens is 1. The fraction of sp³-hybridized carbons (Fsp3) is 0.429. The first-order chi connectivity index (χ1) is 8.68. The van der Waals surface area contributed by atoms with Gasteiger partial charge in [-0.2, -0.15) is 0 Å². The van der Waals surface area contributed by atoms with E-state index in [4.69, 9.17) is 4.74 Å². The number of hydrogen-bond acceptors (Lipinski definition) is 3. The van der Waals surface area contributed by atoms with Gasteiger partial charge in [0.15, 0.2) is 0 Å². The van der Waals surface area contributed by atoms with Crippen molar-refractivity contribution in [1.29, 1.82) is 0 Å². The second-order valence-electron chi connectivity index (χ2n) is 4.21. The lowest BCUT2D eigenvalue weighted by Crippen LogP contribution is -2.24. The Morgan fingerprint density at radius 1 is 1.50 bits per heavy atom. The molecule has 1 aromatic heterocycles. The molecule has 0 spiro atoms. The van der Waals surface area contributed by atoms with Crippen LogP contribution in [0, 0.1) is 17.8 Å². The minimum atomic E-state index is 0.0347. The van der Waals surface area contributed by atoms with Gasteiger partial charge in [0.05, 0.1) is 12.7 Å². The molecule has 1 aromatic rings. The Morgan fingerprint density at radius 3 is 3.00 bits per heavy atom. The van der Waals surface area contributed by atoms with E-state index >= 15 is 0 Å². The van der Waals surface area contributed by atoms with Crippen molar-refractivity contribution in [2.75, 3.05) is 13.2 Å². The minimum Gasteiger partial charge on any atom is -0.479 e. The average molecular weight is 246 g/mol. The molecule has 0 bridgehead atoms. The number of hydrogen-bond donors (Lipinski definition) is 1. The number of carbonyl (C=O) groups excluding carboxylic acids is 1. The van der Waals surface area contributed by atoms with Gasteiger partial charge < -0.3 is 10.1 Å². The highest BCUT2D eigenvalue weighted by molar-refractivity contribution is 5.76. The van der Waals surface area contributed by atoms with E-state index in [0.29, 0.717) is 31.2 Å². The maximum atomic E-state index is 11.3. The van der Waals surface area contributed by atoms with Crippen molar-refractivity contribution in [3.8, 4) is 17.6 Å². The van der Waals surface area contributed by atoms with Gasteiger partial charge in [-0.15, -0.1) is 0 Å². The second kappa shape index (κ2) is 8.13. The van der Waals surface area contributed by atoms with Gasteiger partial charge in [-0.1, -0.05) is 25.7 Å². The van der Waals surface area contributed by atoms with Crippen LogP contribution in [0.15, 0.2) is 24.5 Å². The maximum Gasteiger partial charge on any atom is 0.221 e. The molecule has 4 nitrogen and oxygen atoms in total. The Labute approximate surface area is 108 Å². The van der Waals surface area contributed by atoms with E-state index in [9.17, 15) is 4.79 Å². The summed E-state index contributed by atoms with van der Waals surface area (Å²) in [5.74, 6) is 6.75. The van der Waals surface area contributed by atoms with Crippen LogP contribution < -0.4 is 10.1 Å². The van der Waals surface area contributed by atoms with Gasteiger partial charge in [0.2, 0.25) is 5.91 Å². The predicted octanol–water partition coefficient (Wildman–Crippen LogP) is 1.63. The highest BCUT2D eigenvalue weighted by atomic mass is 16.5. The molecule has 18 heavy (non-hydrogen) atoms. The Morgan fingerprint density at radius 2 is 2.33 bits per heavy atom. The summed E-state index contributed by atoms with van der Waals surface area (Å²) in [7, 11) is 0. The van der Waals surface area contributed by atoms with E-state index in [0.717, 1.165) is 0 Å². The van der Waals surface area contributed by atoms with Gasteiger partial charge in [0, 0.05) is 12.6 Å². The maximum absolute atomic E-state index is 11.3. The Bertz CT molecular complexity index is 418. The second-order valence-corrected chi connectivity index (χ2v) is 4.21. The number of rotatable bonds is 5. The van der Waals surface area contributed by atoms with Crippen LogP contribution >= 0.6 is 0 Å². The summed E-state index contributed by atoms with van der Waals surface area (Å²) in [6, 6.07) is 3.62. The van der Waals surface area contributed by atoms with Crippen molar-refractivity contribution in [3.63, 3.8) is 0 Å². The van der Waals surface area contributed by atoms with Crippen molar-refractivity contribution < 1.29 is 9.53 Å². The molecule has 0 radical (unpaired) electrons. The van der Waals surface area contributed by atoms with E-state index in [2.05, 4.69) is 22.1 Å². The smallest absolute Gasteiger partial charge is 0.221 e. The molecule has 96 valence electrons. The van der Waals surface area contributed by atoms with Gasteiger partial charge in [-0.05, 0) is 18.1 Å². The van der Waals surface area contributed by atoms with E-state index < -0.39 is 0 Å². The van der Waals surface area contributed by atoms with Gasteiger partial charge in [0.1, 0.15) is 12.4 Å². The van der Waals surface area contributed by atoms with Crippen molar-refractivity contribution in [3.05, 3.63) is 24.5 Å². The summed E-state index contributed by atoms with van der Waals surface area (Å²) < 4.78 is 5.33. The fourth-order valence-corrected chi connectivity index (χ4v) is 1.25. The third kappa shape index (κ3) is 6.54. The van der Waals surface area contributed by atoms with Crippen LogP contribution in [-0.2, 0) is 4.79 Å². The zero-order valence-electron chi connectivity index (χ0n) is 10.8. The first-order valence-corrected chi connectivity index (χ1v) is 5.93. The zero-order chi connectivity index (χ0) is 13.2. The molecule has 0 atom stereocenters. The number of pyridine rings is 1. The monoisotopic (exact) mass is 246 g/mol. The molecule has 1 amide bonds. The molecule has 0 saturated heterocycles. The Kier molecular flexibility index (Phi) is 6.34. The van der Waals surface area contributed by atoms with Crippen molar-refractivity contribution >= 4 is 5.91 Å². The molecular weight excluding hydrogens is 228 g/mol. The number of ether oxygens (including phenoxy) is 1. The molecule has 4 heteroatoms. The topological polar surface area (TPSA) is 51.2 Å². The third-order valence-electron chi connectivity index (χ3n) is 2.04. The van der Waals surface area contributed by atoms with E-state index in [1.54, 1.807) is 18.5 Å². The standard InChI is InChI=1S/C14H18N2O2/c1-12(2)10-14(17)16-8-3-4-9-18-13-6-5-7-15-11-13/h5-7,11-12H,8-10H2,1-2H3,(H,16,17). The predicted molar refractivity (Wildman–Crippen MR) is 70.0 cm³/mol. The lowest BCUT2D eigenvalue weighted by atomic mass is 10.1. The Hall–Kier alpha value is -2.02. The van der Waals surface area contributed by atoms with Crippen LogP contribution in [0.1, 0.15) is 20.3 Å². The first kappa shape index (κ1) is 14.0. The highest BCUT2D eigenvalue weighted by Crippen LogP contribution is 2.04. The van der Waals surface area contributed by atoms with Crippen molar-refractivity contribution in [2.45, 2.75) is 20.3 Å². The largest absolute Gasteiger partial charge is 0.479 e. The molecule has 1 rings (SSSR count). The van der Waals surface area contributed by atoms with Gasteiger partial charge in [-0.3, -0.25) is 9.78 Å². The SMILES string of the molecule is CC(C)CC(=O)NCC#CCOc1cccnc1. The van der Waals surface area contributed by atoms with Crippen LogP contribution in [0.25, 0.3) is 0 Å². The van der Waals surface area contributed by atoms with Gasteiger partial charge >= 0.3 is 0 Å². The fourth-order valence-electron chi connectivity index (χ4n) is 1.25. The molecule has 1 heterocycles. The molecule has 0 unspecified atom stereocenters. The molecule has 0 saturated carbocycles. The molecular formula is C14H18N2O2. The van der Waals surface area contributed by atoms with Gasteiger partial charge in [-0.25, -0.2) is 0 Å². The first-order valence-electron chi connectivity index (χ1n) is 5.93. The lowest BCUT2D eigenvalue weighted by Gasteiger charge is -2.03. The highest BCUT2D eigenvalue weighted by Gasteiger charge is 2.01. The average Bonchev–Trinajstić information content (AvgIpc) is 2.34. The van der Waals surface area contributed by atoms with E-state index in [1.165, 1.54) is 0 Å². The van der Waals surface area contributed by atoms with Gasteiger partial charge in [0.25, 0.3) is 0 Å². The van der Waals surface area contributed by atoms with Crippen molar-refractivity contribution in [2.24, 2.45) is 5.92 Å². The molecule has 1 N–H and O–H groups in total. The minimum absolute atomic E-state index is 0.0347. The van der Waals surface area contributed by atoms with Crippen LogP contribution in [0.3, 0.4) is 0 Å². The van der Waals surface area contributed by atoms with Crippen LogP contribution in [0.5, 0.6) is 5.75 Å². The normalized spacial score (nSPS) is 9.50. The molecule has 0 aliphatic rings. The zero-order valence-corrected chi connectivity index (χ0v) is 10.8. The van der Waals surface area contributed by atoms with Crippen LogP contribution in [0.4, 0.5) is 0 Å². The number of amides is 1.